The van der Waals surface area contributed by atoms with Crippen LogP contribution in [0, 0.1) is 5.41 Å². The van der Waals surface area contributed by atoms with Crippen LogP contribution in [-0.2, 0) is 6.54 Å². The minimum Gasteiger partial charge on any atom is -0.319 e. The van der Waals surface area contributed by atoms with E-state index in [1.165, 1.54) is 18.4 Å². The minimum atomic E-state index is 0.381. The third kappa shape index (κ3) is 4.39. The molecule has 3 nitrogen and oxygen atoms in total. The normalized spacial score (nSPS) is 12.1. The molecule has 0 bridgehead atoms. The van der Waals surface area contributed by atoms with Crippen LogP contribution in [0.4, 0.5) is 0 Å². The van der Waals surface area contributed by atoms with Gasteiger partial charge in [-0.3, -0.25) is 4.98 Å². The van der Waals surface area contributed by atoms with E-state index in [1.807, 2.05) is 25.5 Å². The summed E-state index contributed by atoms with van der Waals surface area (Å²) in [6, 6.07) is 4.14. The van der Waals surface area contributed by atoms with Crippen LogP contribution < -0.4 is 5.32 Å². The Morgan fingerprint density at radius 1 is 1.33 bits per heavy atom. The summed E-state index contributed by atoms with van der Waals surface area (Å²) in [5.74, 6) is 0. The van der Waals surface area contributed by atoms with Crippen LogP contribution in [0.3, 0.4) is 0 Å². The van der Waals surface area contributed by atoms with Gasteiger partial charge in [-0.2, -0.15) is 0 Å². The van der Waals surface area contributed by atoms with E-state index >= 15 is 0 Å². The van der Waals surface area contributed by atoms with Gasteiger partial charge in [-0.15, -0.1) is 0 Å². The third-order valence-corrected chi connectivity index (χ3v) is 3.83. The molecule has 0 fully saturated rings. The topological polar surface area (TPSA) is 28.2 Å². The van der Waals surface area contributed by atoms with Gasteiger partial charge in [0, 0.05) is 32.0 Å². The van der Waals surface area contributed by atoms with Crippen molar-refractivity contribution in [3.63, 3.8) is 0 Å². The van der Waals surface area contributed by atoms with Gasteiger partial charge in [-0.1, -0.05) is 19.9 Å². The predicted octanol–water partition coefficient (Wildman–Crippen LogP) is 2.54. The molecule has 1 aromatic heterocycles. The van der Waals surface area contributed by atoms with E-state index in [0.29, 0.717) is 5.41 Å². The molecule has 18 heavy (non-hydrogen) atoms. The summed E-state index contributed by atoms with van der Waals surface area (Å²) >= 11 is 0. The number of rotatable bonds is 8. The number of hydrogen-bond acceptors (Lipinski definition) is 3. The van der Waals surface area contributed by atoms with Crippen molar-refractivity contribution < 1.29 is 0 Å². The summed E-state index contributed by atoms with van der Waals surface area (Å²) in [5.41, 5.74) is 1.66. The number of hydrogen-bond donors (Lipinski definition) is 1. The highest BCUT2D eigenvalue weighted by Gasteiger charge is 2.26. The van der Waals surface area contributed by atoms with E-state index in [1.54, 1.807) is 0 Å². The smallest absolute Gasteiger partial charge is 0.0312 e. The molecule has 0 spiro atoms. The van der Waals surface area contributed by atoms with Crippen molar-refractivity contribution in [3.05, 3.63) is 30.1 Å². The van der Waals surface area contributed by atoms with Gasteiger partial charge in [0.05, 0.1) is 0 Å². The fourth-order valence-corrected chi connectivity index (χ4v) is 2.59. The molecule has 0 aliphatic rings. The Balaban J connectivity index is 2.58. The standard InChI is InChI=1S/C15H27N3/c1-5-15(6-2,12-16-3)13-18(4)11-14-8-7-9-17-10-14/h7-10,16H,5-6,11-13H2,1-4H3. The van der Waals surface area contributed by atoms with Gasteiger partial charge in [0.2, 0.25) is 0 Å². The maximum Gasteiger partial charge on any atom is 0.0312 e. The lowest BCUT2D eigenvalue weighted by Gasteiger charge is -2.35. The zero-order valence-corrected chi connectivity index (χ0v) is 12.2. The molecule has 0 amide bonds. The molecule has 1 N–H and O–H groups in total. The van der Waals surface area contributed by atoms with Gasteiger partial charge >= 0.3 is 0 Å². The van der Waals surface area contributed by atoms with E-state index in [9.17, 15) is 0 Å². The highest BCUT2D eigenvalue weighted by Crippen LogP contribution is 2.26. The molecule has 0 saturated heterocycles. The molecular weight excluding hydrogens is 222 g/mol. The van der Waals surface area contributed by atoms with Crippen LogP contribution in [0.25, 0.3) is 0 Å². The Hall–Kier alpha value is -0.930. The summed E-state index contributed by atoms with van der Waals surface area (Å²) < 4.78 is 0. The highest BCUT2D eigenvalue weighted by molar-refractivity contribution is 5.08. The Bertz CT molecular complexity index is 320. The predicted molar refractivity (Wildman–Crippen MR) is 77.5 cm³/mol. The van der Waals surface area contributed by atoms with Crippen molar-refractivity contribution in [2.24, 2.45) is 5.41 Å². The summed E-state index contributed by atoms with van der Waals surface area (Å²) in [6.45, 7) is 7.75. The largest absolute Gasteiger partial charge is 0.319 e. The van der Waals surface area contributed by atoms with E-state index in [4.69, 9.17) is 0 Å². The van der Waals surface area contributed by atoms with Crippen molar-refractivity contribution in [2.75, 3.05) is 27.2 Å². The van der Waals surface area contributed by atoms with Crippen LogP contribution in [-0.4, -0.2) is 37.1 Å². The number of pyridine rings is 1. The first-order valence-electron chi connectivity index (χ1n) is 6.88. The Kier molecular flexibility index (Phi) is 6.30. The monoisotopic (exact) mass is 249 g/mol. The highest BCUT2D eigenvalue weighted by atomic mass is 15.1. The molecular formula is C15H27N3. The summed E-state index contributed by atoms with van der Waals surface area (Å²) in [7, 11) is 4.24. The fraction of sp³-hybridized carbons (Fsp3) is 0.667. The lowest BCUT2D eigenvalue weighted by Crippen LogP contribution is -2.41. The van der Waals surface area contributed by atoms with Gasteiger partial charge < -0.3 is 10.2 Å². The van der Waals surface area contributed by atoms with Crippen LogP contribution in [0.1, 0.15) is 32.3 Å². The summed E-state index contributed by atoms with van der Waals surface area (Å²) in [6.07, 6.45) is 6.20. The van der Waals surface area contributed by atoms with Gasteiger partial charge in [0.1, 0.15) is 0 Å². The first kappa shape index (κ1) is 15.1. The van der Waals surface area contributed by atoms with Crippen LogP contribution >= 0.6 is 0 Å². The summed E-state index contributed by atoms with van der Waals surface area (Å²) in [5, 5.41) is 3.34. The Morgan fingerprint density at radius 2 is 2.06 bits per heavy atom. The first-order chi connectivity index (χ1) is 8.65. The fourth-order valence-electron chi connectivity index (χ4n) is 2.59. The van der Waals surface area contributed by atoms with Crippen molar-refractivity contribution in [2.45, 2.75) is 33.2 Å². The number of nitrogens with zero attached hydrogens (tertiary/aromatic N) is 2. The quantitative estimate of drug-likeness (QED) is 0.767. The molecule has 0 aliphatic heterocycles. The molecule has 1 rings (SSSR count). The second-order valence-electron chi connectivity index (χ2n) is 5.27. The Labute approximate surface area is 112 Å². The molecule has 0 aromatic carbocycles. The lowest BCUT2D eigenvalue weighted by molar-refractivity contribution is 0.153. The van der Waals surface area contributed by atoms with E-state index < -0.39 is 0 Å². The van der Waals surface area contributed by atoms with Crippen LogP contribution in [0.15, 0.2) is 24.5 Å². The zero-order chi connectivity index (χ0) is 13.4. The molecule has 0 saturated carbocycles. The molecule has 0 atom stereocenters. The average Bonchev–Trinajstić information content (AvgIpc) is 2.39. The molecule has 3 heteroatoms. The second-order valence-corrected chi connectivity index (χ2v) is 5.27. The van der Waals surface area contributed by atoms with Crippen molar-refractivity contribution in [3.8, 4) is 0 Å². The first-order valence-corrected chi connectivity index (χ1v) is 6.88. The van der Waals surface area contributed by atoms with Crippen LogP contribution in [0.5, 0.6) is 0 Å². The zero-order valence-electron chi connectivity index (χ0n) is 12.2. The maximum absolute atomic E-state index is 4.17. The minimum absolute atomic E-state index is 0.381. The molecule has 0 radical (unpaired) electrons. The van der Waals surface area contributed by atoms with Gasteiger partial charge in [0.15, 0.2) is 0 Å². The maximum atomic E-state index is 4.17. The van der Waals surface area contributed by atoms with E-state index in [2.05, 4.69) is 42.2 Å². The van der Waals surface area contributed by atoms with E-state index in [0.717, 1.165) is 19.6 Å². The van der Waals surface area contributed by atoms with Crippen LogP contribution in [0.2, 0.25) is 0 Å². The molecule has 1 aromatic rings. The number of aromatic nitrogens is 1. The third-order valence-electron chi connectivity index (χ3n) is 3.83. The van der Waals surface area contributed by atoms with Crippen molar-refractivity contribution in [1.82, 2.24) is 15.2 Å². The van der Waals surface area contributed by atoms with Gasteiger partial charge in [-0.05, 0) is 44.0 Å². The molecule has 1 heterocycles. The van der Waals surface area contributed by atoms with Gasteiger partial charge in [-0.25, -0.2) is 0 Å². The van der Waals surface area contributed by atoms with Gasteiger partial charge in [0.25, 0.3) is 0 Å². The van der Waals surface area contributed by atoms with Crippen molar-refractivity contribution in [1.29, 1.82) is 0 Å². The second kappa shape index (κ2) is 7.49. The molecule has 0 unspecified atom stereocenters. The van der Waals surface area contributed by atoms with E-state index in [-0.39, 0.29) is 0 Å². The number of nitrogens with one attached hydrogen (secondary N) is 1. The lowest BCUT2D eigenvalue weighted by atomic mass is 9.81. The SMILES string of the molecule is CCC(CC)(CNC)CN(C)Cc1cccnc1. The molecule has 102 valence electrons. The summed E-state index contributed by atoms with van der Waals surface area (Å²) in [4.78, 5) is 6.58. The van der Waals surface area contributed by atoms with Crippen molar-refractivity contribution >= 4 is 0 Å². The Morgan fingerprint density at radius 3 is 2.56 bits per heavy atom. The average molecular weight is 249 g/mol. The molecule has 0 aliphatic carbocycles.